The number of amides is 3. The number of carbonyl (C=O) groups is 2. The molecule has 2 aliphatic rings. The SMILES string of the molecule is CCc1ccc(C2CN3C(=O)N(c4ccc(F)cc4)C(=O)C3(C)c3[nH]c4ccccc4c32)cc1. The van der Waals surface area contributed by atoms with Crippen molar-refractivity contribution in [2.24, 2.45) is 0 Å². The second kappa shape index (κ2) is 7.29. The molecule has 0 radical (unpaired) electrons. The van der Waals surface area contributed by atoms with Crippen molar-refractivity contribution in [3.8, 4) is 0 Å². The van der Waals surface area contributed by atoms with Crippen molar-refractivity contribution in [2.45, 2.75) is 31.7 Å². The van der Waals surface area contributed by atoms with Gasteiger partial charge in [-0.15, -0.1) is 0 Å². The Hall–Kier alpha value is -3.93. The second-order valence-electron chi connectivity index (χ2n) is 9.19. The molecule has 6 rings (SSSR count). The molecule has 2 aliphatic heterocycles. The summed E-state index contributed by atoms with van der Waals surface area (Å²) in [6.45, 7) is 4.30. The van der Waals surface area contributed by atoms with Crippen molar-refractivity contribution >= 4 is 28.5 Å². The van der Waals surface area contributed by atoms with Gasteiger partial charge in [0, 0.05) is 23.4 Å². The number of nitrogens with one attached hydrogen (secondary N) is 1. The number of nitrogens with zero attached hydrogens (tertiary/aromatic N) is 2. The fraction of sp³-hybridized carbons (Fsp3) is 0.214. The predicted octanol–water partition coefficient (Wildman–Crippen LogP) is 5.70. The van der Waals surface area contributed by atoms with Crippen LogP contribution in [0.3, 0.4) is 0 Å². The number of urea groups is 1. The Morgan fingerprint density at radius 2 is 1.71 bits per heavy atom. The molecule has 6 heteroatoms. The number of benzene rings is 3. The number of carbonyl (C=O) groups excluding carboxylic acids is 2. The topological polar surface area (TPSA) is 56.4 Å². The minimum absolute atomic E-state index is 0.0879. The lowest BCUT2D eigenvalue weighted by Crippen LogP contribution is -2.50. The Morgan fingerprint density at radius 1 is 1.00 bits per heavy atom. The molecule has 0 bridgehead atoms. The number of hydrogen-bond acceptors (Lipinski definition) is 2. The van der Waals surface area contributed by atoms with E-state index in [1.165, 1.54) is 34.7 Å². The molecule has 1 saturated heterocycles. The number of aryl methyl sites for hydroxylation is 1. The van der Waals surface area contributed by atoms with Gasteiger partial charge in [-0.25, -0.2) is 14.1 Å². The van der Waals surface area contributed by atoms with Crippen LogP contribution in [-0.2, 0) is 16.8 Å². The first-order chi connectivity index (χ1) is 16.4. The van der Waals surface area contributed by atoms with E-state index in [0.717, 1.165) is 34.1 Å². The minimum atomic E-state index is -1.18. The molecule has 2 atom stereocenters. The molecule has 1 N–H and O–H groups in total. The summed E-state index contributed by atoms with van der Waals surface area (Å²) < 4.78 is 13.5. The van der Waals surface area contributed by atoms with Crippen LogP contribution in [0.1, 0.15) is 42.1 Å². The third kappa shape index (κ3) is 2.71. The van der Waals surface area contributed by atoms with Crippen molar-refractivity contribution in [3.63, 3.8) is 0 Å². The van der Waals surface area contributed by atoms with E-state index in [-0.39, 0.29) is 11.8 Å². The number of aromatic amines is 1. The summed E-state index contributed by atoms with van der Waals surface area (Å²) in [4.78, 5) is 33.9. The largest absolute Gasteiger partial charge is 0.356 e. The van der Waals surface area contributed by atoms with Crippen LogP contribution in [0.5, 0.6) is 0 Å². The van der Waals surface area contributed by atoms with Gasteiger partial charge in [0.15, 0.2) is 5.54 Å². The Balaban J connectivity index is 1.56. The first kappa shape index (κ1) is 20.7. The summed E-state index contributed by atoms with van der Waals surface area (Å²) >= 11 is 0. The van der Waals surface area contributed by atoms with Crippen molar-refractivity contribution in [1.29, 1.82) is 0 Å². The molecule has 0 aliphatic carbocycles. The zero-order valence-electron chi connectivity index (χ0n) is 19.0. The Morgan fingerprint density at radius 3 is 2.41 bits per heavy atom. The number of aromatic nitrogens is 1. The van der Waals surface area contributed by atoms with E-state index in [1.54, 1.807) is 11.8 Å². The van der Waals surface area contributed by atoms with Crippen LogP contribution >= 0.6 is 0 Å². The van der Waals surface area contributed by atoms with Crippen LogP contribution in [0.2, 0.25) is 0 Å². The normalized spacial score (nSPS) is 21.8. The zero-order valence-corrected chi connectivity index (χ0v) is 19.0. The first-order valence-electron chi connectivity index (χ1n) is 11.5. The molecule has 1 aromatic heterocycles. The van der Waals surface area contributed by atoms with Gasteiger partial charge < -0.3 is 9.88 Å². The number of fused-ring (bicyclic) bond motifs is 5. The van der Waals surface area contributed by atoms with Gasteiger partial charge in [-0.05, 0) is 60.4 Å². The lowest BCUT2D eigenvalue weighted by atomic mass is 9.78. The molecule has 3 amide bonds. The molecule has 5 nitrogen and oxygen atoms in total. The van der Waals surface area contributed by atoms with E-state index in [9.17, 15) is 14.0 Å². The maximum Gasteiger partial charge on any atom is 0.332 e. The minimum Gasteiger partial charge on any atom is -0.356 e. The van der Waals surface area contributed by atoms with E-state index >= 15 is 0 Å². The number of H-pyrrole nitrogens is 1. The summed E-state index contributed by atoms with van der Waals surface area (Å²) in [6, 6.07) is 21.6. The van der Waals surface area contributed by atoms with Crippen LogP contribution in [0.25, 0.3) is 10.9 Å². The number of rotatable bonds is 3. The smallest absolute Gasteiger partial charge is 0.332 e. The van der Waals surface area contributed by atoms with Crippen LogP contribution in [-0.4, -0.2) is 28.4 Å². The fourth-order valence-electron chi connectivity index (χ4n) is 5.49. The molecule has 1 fully saturated rings. The third-order valence-electron chi connectivity index (χ3n) is 7.40. The van der Waals surface area contributed by atoms with Crippen molar-refractivity contribution < 1.29 is 14.0 Å². The molecule has 0 spiro atoms. The number of para-hydroxylation sites is 1. The Labute approximate surface area is 196 Å². The van der Waals surface area contributed by atoms with E-state index in [2.05, 4.69) is 42.2 Å². The fourth-order valence-corrected chi connectivity index (χ4v) is 5.49. The number of hydrogen-bond donors (Lipinski definition) is 1. The summed E-state index contributed by atoms with van der Waals surface area (Å²) in [5.41, 5.74) is 4.27. The lowest BCUT2D eigenvalue weighted by molar-refractivity contribution is -0.125. The van der Waals surface area contributed by atoms with Crippen molar-refractivity contribution in [3.05, 3.63) is 101 Å². The average Bonchev–Trinajstić information content (AvgIpc) is 3.34. The third-order valence-corrected chi connectivity index (χ3v) is 7.40. The van der Waals surface area contributed by atoms with Gasteiger partial charge in [0.1, 0.15) is 5.82 Å². The standard InChI is InChI=1S/C28H24FN3O2/c1-3-17-8-10-18(11-9-17)22-16-31-27(34)32(20-14-12-19(29)13-15-20)26(33)28(31,2)25-24(22)21-6-4-5-7-23(21)30-25/h4-15,22,30H,3,16H2,1-2H3. The summed E-state index contributed by atoms with van der Waals surface area (Å²) in [5.74, 6) is -0.841. The van der Waals surface area contributed by atoms with E-state index in [0.29, 0.717) is 12.2 Å². The van der Waals surface area contributed by atoms with Gasteiger partial charge in [0.2, 0.25) is 0 Å². The summed E-state index contributed by atoms with van der Waals surface area (Å²) in [5, 5.41) is 1.06. The highest BCUT2D eigenvalue weighted by Crippen LogP contribution is 2.50. The van der Waals surface area contributed by atoms with Crippen LogP contribution in [0.15, 0.2) is 72.8 Å². The second-order valence-corrected chi connectivity index (χ2v) is 9.19. The number of anilines is 1. The van der Waals surface area contributed by atoms with Crippen LogP contribution < -0.4 is 4.90 Å². The van der Waals surface area contributed by atoms with Gasteiger partial charge in [0.25, 0.3) is 5.91 Å². The molecule has 4 aromatic rings. The molecule has 34 heavy (non-hydrogen) atoms. The number of halogens is 1. The molecular formula is C28H24FN3O2. The van der Waals surface area contributed by atoms with Crippen LogP contribution in [0, 0.1) is 5.82 Å². The maximum absolute atomic E-state index is 13.9. The van der Waals surface area contributed by atoms with Gasteiger partial charge in [-0.1, -0.05) is 49.4 Å². The molecule has 3 aromatic carbocycles. The summed E-state index contributed by atoms with van der Waals surface area (Å²) in [7, 11) is 0. The monoisotopic (exact) mass is 453 g/mol. The zero-order chi connectivity index (χ0) is 23.6. The lowest BCUT2D eigenvalue weighted by Gasteiger charge is -2.40. The Kier molecular flexibility index (Phi) is 4.43. The van der Waals surface area contributed by atoms with Gasteiger partial charge >= 0.3 is 6.03 Å². The maximum atomic E-state index is 13.9. The van der Waals surface area contributed by atoms with Gasteiger partial charge in [-0.2, -0.15) is 0 Å². The molecule has 3 heterocycles. The average molecular weight is 454 g/mol. The van der Waals surface area contributed by atoms with Crippen molar-refractivity contribution in [1.82, 2.24) is 9.88 Å². The van der Waals surface area contributed by atoms with E-state index in [1.807, 2.05) is 18.2 Å². The van der Waals surface area contributed by atoms with Crippen molar-refractivity contribution in [2.75, 3.05) is 11.4 Å². The quantitative estimate of drug-likeness (QED) is 0.405. The molecule has 2 unspecified atom stereocenters. The molecule has 170 valence electrons. The first-order valence-corrected chi connectivity index (χ1v) is 11.5. The molecule has 0 saturated carbocycles. The molecular weight excluding hydrogens is 429 g/mol. The summed E-state index contributed by atoms with van der Waals surface area (Å²) in [6.07, 6.45) is 0.951. The highest BCUT2D eigenvalue weighted by atomic mass is 19.1. The van der Waals surface area contributed by atoms with Gasteiger partial charge in [0.05, 0.1) is 11.4 Å². The Bertz CT molecular complexity index is 1440. The van der Waals surface area contributed by atoms with E-state index < -0.39 is 17.4 Å². The highest BCUT2D eigenvalue weighted by molar-refractivity contribution is 6.23. The van der Waals surface area contributed by atoms with E-state index in [4.69, 9.17) is 0 Å². The highest BCUT2D eigenvalue weighted by Gasteiger charge is 2.60. The van der Waals surface area contributed by atoms with Gasteiger partial charge in [-0.3, -0.25) is 4.79 Å². The number of imide groups is 1. The predicted molar refractivity (Wildman–Crippen MR) is 129 cm³/mol. The van der Waals surface area contributed by atoms with Crippen LogP contribution in [0.4, 0.5) is 14.9 Å².